The van der Waals surface area contributed by atoms with Crippen molar-refractivity contribution in [3.8, 4) is 109 Å². The summed E-state index contributed by atoms with van der Waals surface area (Å²) >= 11 is 0. The van der Waals surface area contributed by atoms with Crippen molar-refractivity contribution in [2.75, 3.05) is 52.9 Å². The van der Waals surface area contributed by atoms with E-state index in [0.717, 1.165) is 20.1 Å². The standard InChI is InChI=1S/C13H22N2O5.C12H21N3O4.C12H19N3O3.C8H10.C7H11N3O.C7H4.C6H2.C5H4.C4H6O3.2CH4O3S.CH4O.H3N/c1-13(2,3)20-12(18)15-9(11(17)19-4)7-8-5-6-14-10(8)16;1-12(2,3)19-11(18)15-8(9(13)16)6-7-4-5-14-10(7)17;1-12(2,3)18-11(17)15-9(7-13)6-8-4-5-14-10(8)16;1-7-4-3-5-8(2)6-7;8-4-6(9)3-5-1-2-10-7(5)11;1-3-5-7-6-4-2;1-3-5-6-4-2;1-3-5-4-2;1-3(5)7-4(2)6;2*1-5(2,3)4;1-2;/h8-9H,5-7H2,1-4H3,(H,14,16)(H,15,18);7-8H,4-6H2,1-3H3,(H2,13,16)(H,14,17)(H,15,18);8-9H,4-6H2,1-3H3,(H,14,16)(H,15,17);3-6H,1-2H3;5-6H,1-3,9H2,(H,10,11);1H,2H3;1-2H;1H,2H3;1-2H3;2*1H3,(H,2,3,4);2H,1H3;1H3/t8-,9-;7-,8-;8-,9-;;5-,6-;;;;;;;;/m000.0......../s1. The Bertz CT molecular complexity index is 3890. The second kappa shape index (κ2) is 66.9. The maximum atomic E-state index is 11.7. The maximum absolute atomic E-state index is 11.7. The largest absolute Gasteiger partial charge is 0.467 e. The number of alkyl carbamates (subject to hydrolysis) is 3. The summed E-state index contributed by atoms with van der Waals surface area (Å²) in [6.45, 7) is 28.1. The second-order valence-electron chi connectivity index (χ2n) is 26.0. The number of hydrogen-bond donors (Lipinski definition) is 13. The number of aliphatic hydroxyl groups excluding tert-OH is 1. The molecule has 0 spiro atoms. The number of nitrogens with one attached hydrogen (secondary N) is 7. The van der Waals surface area contributed by atoms with Gasteiger partial charge >= 0.3 is 36.2 Å². The van der Waals surface area contributed by atoms with Gasteiger partial charge < -0.3 is 83.6 Å². The predicted octanol–water partition coefficient (Wildman–Crippen LogP) is 3.49. The number of rotatable bonds is 13. The van der Waals surface area contributed by atoms with Crippen LogP contribution in [0.3, 0.4) is 0 Å². The zero-order valence-electron chi connectivity index (χ0n) is 68.3. The molecule has 1 aromatic carbocycles. The van der Waals surface area contributed by atoms with E-state index in [0.29, 0.717) is 64.2 Å². The molecule has 0 unspecified atom stereocenters. The minimum Gasteiger partial charge on any atom is -0.467 e. The molecule has 37 heteroatoms. The maximum Gasteiger partial charge on any atom is 0.408 e. The SMILES string of the molecule is C#CC#CC.C#CC#CC#C.C#CC#CC#CC.CC(=O)OC(C)=O.CC(C)(C)OC(=O)N[C@@H](C[C@@H]1CCNC1=O)C(N)=O.CC(C)(C)OC(=O)N[C@H](C#N)C[C@@H]1CCNC1=O.CO.COC(=O)[C@H](C[C@@H]1CCNC1=O)NC(=O)OC(C)(C)C.CS(=O)(=O)O.CS(=O)(=O)O.Cc1cccc(C)c1.N.N#C[C@@H](N)C[C@@H]1CCNC1=O. The molecular formula is C77H114N12O23S2. The summed E-state index contributed by atoms with van der Waals surface area (Å²) in [4.78, 5) is 123. The quantitative estimate of drug-likeness (QED) is 0.0442. The Balaban J connectivity index is -0.000000187. The van der Waals surface area contributed by atoms with Gasteiger partial charge in [0.1, 0.15) is 34.9 Å². The van der Waals surface area contributed by atoms with Gasteiger partial charge in [-0.25, -0.2) is 19.2 Å². The monoisotopic (exact) mass is 1640 g/mol. The molecule has 0 aromatic heterocycles. The molecule has 1 aromatic rings. The van der Waals surface area contributed by atoms with Gasteiger partial charge in [0, 0.05) is 70.8 Å². The molecule has 0 radical (unpaired) electrons. The number of amides is 8. The fraction of sp³-hybridized carbons (Fsp3) is 0.545. The lowest BCUT2D eigenvalue weighted by molar-refractivity contribution is -0.156. The summed E-state index contributed by atoms with van der Waals surface area (Å²) in [5.74, 6) is 24.2. The first-order valence-corrected chi connectivity index (χ1v) is 37.5. The van der Waals surface area contributed by atoms with Gasteiger partial charge in [0.15, 0.2) is 0 Å². The minimum atomic E-state index is -3.67. The van der Waals surface area contributed by atoms with Crippen LogP contribution in [-0.4, -0.2) is 191 Å². The van der Waals surface area contributed by atoms with Crippen LogP contribution in [0.1, 0.15) is 153 Å². The van der Waals surface area contributed by atoms with Crippen molar-refractivity contribution in [3.63, 3.8) is 0 Å². The molecule has 4 fully saturated rings. The number of hydrogen-bond acceptors (Lipinski definition) is 25. The number of ether oxygens (including phenoxy) is 5. The van der Waals surface area contributed by atoms with Gasteiger partial charge in [-0.1, -0.05) is 47.2 Å². The number of primary amides is 1. The van der Waals surface area contributed by atoms with Crippen LogP contribution in [0.5, 0.6) is 0 Å². The molecular weight excluding hydrogens is 1530 g/mol. The molecule has 4 aliphatic heterocycles. The Morgan fingerprint density at radius 1 is 0.544 bits per heavy atom. The highest BCUT2D eigenvalue weighted by atomic mass is 32.2. The molecule has 35 nitrogen and oxygen atoms in total. The van der Waals surface area contributed by atoms with E-state index in [9.17, 15) is 69.6 Å². The molecule has 8 atom stereocenters. The van der Waals surface area contributed by atoms with Gasteiger partial charge in [-0.15, -0.1) is 25.7 Å². The normalized spacial score (nSPS) is 15.4. The lowest BCUT2D eigenvalue weighted by Crippen LogP contribution is -2.47. The molecule has 0 saturated carbocycles. The number of aryl methyl sites for hydroxylation is 2. The molecule has 8 amide bonds. The summed E-state index contributed by atoms with van der Waals surface area (Å²) in [5.41, 5.74) is 11.4. The number of carbonyl (C=O) groups excluding carboxylic acids is 11. The highest BCUT2D eigenvalue weighted by Crippen LogP contribution is 2.20. The topological polar surface area (TPSA) is 582 Å². The number of methoxy groups -OCH3 is 1. The number of terminal acetylenes is 4. The molecule has 4 aliphatic rings. The van der Waals surface area contributed by atoms with Gasteiger partial charge in [0.2, 0.25) is 29.5 Å². The number of nitrogens with zero attached hydrogens (tertiary/aromatic N) is 2. The minimum absolute atomic E-state index is 0. The molecule has 17 N–H and O–H groups in total. The fourth-order valence-corrected chi connectivity index (χ4v) is 8.07. The van der Waals surface area contributed by atoms with Crippen molar-refractivity contribution in [2.45, 2.75) is 196 Å². The van der Waals surface area contributed by atoms with E-state index in [4.69, 9.17) is 76.1 Å². The Hall–Kier alpha value is -11.8. The van der Waals surface area contributed by atoms with Gasteiger partial charge in [0.25, 0.3) is 20.2 Å². The second-order valence-corrected chi connectivity index (χ2v) is 28.9. The third kappa shape index (κ3) is 84.2. The Kier molecular flexibility index (Phi) is 69.2. The molecule has 5 rings (SSSR count). The first-order valence-electron chi connectivity index (χ1n) is 33.8. The summed E-state index contributed by atoms with van der Waals surface area (Å²) in [7, 11) is -5.10. The van der Waals surface area contributed by atoms with Crippen molar-refractivity contribution in [3.05, 3.63) is 35.4 Å². The van der Waals surface area contributed by atoms with Crippen LogP contribution >= 0.6 is 0 Å². The van der Waals surface area contributed by atoms with Gasteiger partial charge in [-0.2, -0.15) is 27.4 Å². The molecule has 632 valence electrons. The zero-order chi connectivity index (χ0) is 89.3. The number of benzene rings is 1. The third-order valence-corrected chi connectivity index (χ3v) is 12.2. The molecule has 114 heavy (non-hydrogen) atoms. The molecule has 0 aliphatic carbocycles. The van der Waals surface area contributed by atoms with Crippen LogP contribution in [0.15, 0.2) is 24.3 Å². The highest BCUT2D eigenvalue weighted by molar-refractivity contribution is 7.85. The van der Waals surface area contributed by atoms with Crippen molar-refractivity contribution < 1.29 is 107 Å². The molecule has 4 heterocycles. The Morgan fingerprint density at radius 2 is 0.842 bits per heavy atom. The summed E-state index contributed by atoms with van der Waals surface area (Å²) < 4.78 is 75.6. The number of nitrogens with two attached hydrogens (primary N) is 2. The highest BCUT2D eigenvalue weighted by Gasteiger charge is 2.35. The first kappa shape index (κ1) is 118. The van der Waals surface area contributed by atoms with Crippen LogP contribution in [0, 0.1) is 157 Å². The summed E-state index contributed by atoms with van der Waals surface area (Å²) in [6.07, 6.45) is 22.3. The van der Waals surface area contributed by atoms with Crippen LogP contribution in [0.25, 0.3) is 0 Å². The van der Waals surface area contributed by atoms with Gasteiger partial charge in [-0.3, -0.25) is 42.7 Å². The number of nitriles is 2. The van der Waals surface area contributed by atoms with E-state index in [1.54, 1.807) is 76.2 Å². The third-order valence-electron chi connectivity index (χ3n) is 12.2. The van der Waals surface area contributed by atoms with E-state index < -0.39 is 103 Å². The van der Waals surface area contributed by atoms with Crippen LogP contribution < -0.4 is 54.8 Å². The van der Waals surface area contributed by atoms with E-state index >= 15 is 0 Å². The van der Waals surface area contributed by atoms with Crippen molar-refractivity contribution >= 4 is 86.0 Å². The van der Waals surface area contributed by atoms with Gasteiger partial charge in [0.05, 0.1) is 37.8 Å². The van der Waals surface area contributed by atoms with Crippen LogP contribution in [0.2, 0.25) is 0 Å². The van der Waals surface area contributed by atoms with Crippen molar-refractivity contribution in [1.82, 2.24) is 43.4 Å². The lowest BCUT2D eigenvalue weighted by Gasteiger charge is -2.23. The summed E-state index contributed by atoms with van der Waals surface area (Å²) in [6, 6.07) is 9.35. The Morgan fingerprint density at radius 3 is 1.07 bits per heavy atom. The van der Waals surface area contributed by atoms with Crippen molar-refractivity contribution in [1.29, 1.82) is 10.5 Å². The van der Waals surface area contributed by atoms with E-state index in [2.05, 4.69) is 156 Å². The zero-order valence-corrected chi connectivity index (χ0v) is 69.9. The van der Waals surface area contributed by atoms with E-state index in [1.165, 1.54) is 32.1 Å². The summed E-state index contributed by atoms with van der Waals surface area (Å²) in [5, 5.41) is 42.4. The number of esters is 3. The Labute approximate surface area is 672 Å². The van der Waals surface area contributed by atoms with Crippen molar-refractivity contribution in [2.24, 2.45) is 35.1 Å². The van der Waals surface area contributed by atoms with Gasteiger partial charge in [-0.05, 0) is 201 Å². The first-order chi connectivity index (χ1) is 52.1. The van der Waals surface area contributed by atoms with E-state index in [1.807, 2.05) is 12.1 Å². The fourth-order valence-electron chi connectivity index (χ4n) is 8.07. The predicted molar refractivity (Wildman–Crippen MR) is 427 cm³/mol. The van der Waals surface area contributed by atoms with Crippen LogP contribution in [-0.2, 0) is 82.3 Å². The van der Waals surface area contributed by atoms with E-state index in [-0.39, 0.29) is 66.3 Å². The average Bonchev–Trinajstić information content (AvgIpc) is 1.65. The number of aliphatic hydroxyl groups is 1. The number of carbonyl (C=O) groups is 11. The molecule has 4 saturated heterocycles. The molecule has 0 bridgehead atoms. The smallest absolute Gasteiger partial charge is 0.408 e. The van der Waals surface area contributed by atoms with Crippen LogP contribution in [0.4, 0.5) is 14.4 Å². The lowest BCUT2D eigenvalue weighted by atomic mass is 9.98. The average molecular weight is 1640 g/mol.